The molecule has 0 N–H and O–H groups in total. The maximum Gasteiger partial charge on any atom is 0.282 e. The molecule has 6 heteroatoms. The highest BCUT2D eigenvalue weighted by Gasteiger charge is 2.16. The number of rotatable bonds is 4. The van der Waals surface area contributed by atoms with E-state index < -0.39 is 10.0 Å². The van der Waals surface area contributed by atoms with Gasteiger partial charge in [-0.1, -0.05) is 60.7 Å². The van der Waals surface area contributed by atoms with Crippen molar-refractivity contribution in [3.8, 4) is 0 Å². The zero-order valence-electron chi connectivity index (χ0n) is 14.6. The van der Waals surface area contributed by atoms with Crippen molar-refractivity contribution >= 4 is 26.8 Å². The zero-order valence-corrected chi connectivity index (χ0v) is 15.5. The second-order valence-electron chi connectivity index (χ2n) is 6.07. The van der Waals surface area contributed by atoms with E-state index in [0.29, 0.717) is 16.5 Å². The van der Waals surface area contributed by atoms with Crippen LogP contribution in [0.25, 0.3) is 11.0 Å². The third-order valence-electron chi connectivity index (χ3n) is 4.17. The van der Waals surface area contributed by atoms with Gasteiger partial charge in [0.25, 0.3) is 10.0 Å². The van der Waals surface area contributed by atoms with Crippen molar-refractivity contribution in [2.75, 3.05) is 0 Å². The monoisotopic (exact) mass is 389 g/mol. The zero-order chi connectivity index (χ0) is 19.6. The molecule has 0 radical (unpaired) electrons. The highest BCUT2D eigenvalue weighted by Crippen LogP contribution is 2.17. The number of carbonyl (C=O) groups is 1. The van der Waals surface area contributed by atoms with Gasteiger partial charge >= 0.3 is 0 Å². The Morgan fingerprint density at radius 2 is 1.39 bits per heavy atom. The van der Waals surface area contributed by atoms with E-state index in [1.165, 1.54) is 18.2 Å². The van der Waals surface area contributed by atoms with Crippen molar-refractivity contribution in [3.05, 3.63) is 108 Å². The summed E-state index contributed by atoms with van der Waals surface area (Å²) in [6.45, 7) is 0. The number of ketones is 1. The number of para-hydroxylation sites is 1. The third-order valence-corrected chi connectivity index (χ3v) is 5.48. The first-order chi connectivity index (χ1) is 13.5. The molecule has 0 spiro atoms. The Labute approximate surface area is 161 Å². The number of benzene rings is 3. The van der Waals surface area contributed by atoms with Crippen LogP contribution in [0.15, 0.2) is 105 Å². The lowest BCUT2D eigenvalue weighted by molar-refractivity contribution is 0.101. The molecule has 1 aromatic heterocycles. The SMILES string of the molecule is O=C(c1ccccc1)c1cc(=NS(=O)(=O)c2ccccc2)c2ccccc2o1. The van der Waals surface area contributed by atoms with Gasteiger partial charge in [0.2, 0.25) is 5.78 Å². The van der Waals surface area contributed by atoms with Crippen molar-refractivity contribution in [2.24, 2.45) is 4.40 Å². The number of carbonyl (C=O) groups excluding carboxylic acids is 1. The molecule has 0 fully saturated rings. The first-order valence-corrected chi connectivity index (χ1v) is 9.97. The minimum absolute atomic E-state index is 0.0203. The molecule has 0 amide bonds. The van der Waals surface area contributed by atoms with Crippen LogP contribution in [0.2, 0.25) is 0 Å². The predicted molar refractivity (Wildman–Crippen MR) is 105 cm³/mol. The largest absolute Gasteiger partial charge is 0.452 e. The Balaban J connectivity index is 1.94. The lowest BCUT2D eigenvalue weighted by Gasteiger charge is -2.05. The fourth-order valence-electron chi connectivity index (χ4n) is 2.81. The molecule has 0 saturated heterocycles. The van der Waals surface area contributed by atoms with Gasteiger partial charge in [-0.25, -0.2) is 0 Å². The molecule has 4 aromatic rings. The van der Waals surface area contributed by atoms with E-state index >= 15 is 0 Å². The van der Waals surface area contributed by atoms with Crippen molar-refractivity contribution < 1.29 is 17.6 Å². The van der Waals surface area contributed by atoms with E-state index in [9.17, 15) is 13.2 Å². The van der Waals surface area contributed by atoms with E-state index in [0.717, 1.165) is 0 Å². The van der Waals surface area contributed by atoms with Crippen LogP contribution in [0.5, 0.6) is 0 Å². The highest BCUT2D eigenvalue weighted by atomic mass is 32.2. The Morgan fingerprint density at radius 1 is 0.786 bits per heavy atom. The van der Waals surface area contributed by atoms with Gasteiger partial charge in [0.05, 0.1) is 10.3 Å². The summed E-state index contributed by atoms with van der Waals surface area (Å²) in [7, 11) is -3.94. The van der Waals surface area contributed by atoms with Crippen LogP contribution in [0, 0.1) is 0 Å². The number of nitrogens with zero attached hydrogens (tertiary/aromatic N) is 1. The lowest BCUT2D eigenvalue weighted by Crippen LogP contribution is -2.12. The quantitative estimate of drug-likeness (QED) is 0.495. The fourth-order valence-corrected chi connectivity index (χ4v) is 3.83. The van der Waals surface area contributed by atoms with Crippen molar-refractivity contribution in [1.29, 1.82) is 0 Å². The molecule has 0 bridgehead atoms. The van der Waals surface area contributed by atoms with Crippen LogP contribution in [0.4, 0.5) is 0 Å². The Morgan fingerprint density at radius 3 is 2.11 bits per heavy atom. The summed E-state index contributed by atoms with van der Waals surface area (Å²) in [5.41, 5.74) is 0.824. The first kappa shape index (κ1) is 17.9. The van der Waals surface area contributed by atoms with Gasteiger partial charge in [0.1, 0.15) is 5.58 Å². The number of hydrogen-bond acceptors (Lipinski definition) is 4. The smallest absolute Gasteiger partial charge is 0.282 e. The van der Waals surface area contributed by atoms with Gasteiger partial charge in [-0.05, 0) is 24.3 Å². The first-order valence-electron chi connectivity index (χ1n) is 8.53. The molecule has 4 rings (SSSR count). The van der Waals surface area contributed by atoms with Gasteiger partial charge in [-0.15, -0.1) is 0 Å². The summed E-state index contributed by atoms with van der Waals surface area (Å²) in [4.78, 5) is 12.9. The van der Waals surface area contributed by atoms with Crippen LogP contribution < -0.4 is 5.36 Å². The molecule has 1 heterocycles. The van der Waals surface area contributed by atoms with Gasteiger partial charge < -0.3 is 4.42 Å². The van der Waals surface area contributed by atoms with Crippen molar-refractivity contribution in [3.63, 3.8) is 0 Å². The molecule has 28 heavy (non-hydrogen) atoms. The van der Waals surface area contributed by atoms with Crippen LogP contribution in [-0.4, -0.2) is 14.2 Å². The van der Waals surface area contributed by atoms with Crippen molar-refractivity contribution in [2.45, 2.75) is 4.90 Å². The third kappa shape index (κ3) is 3.50. The Bertz CT molecular complexity index is 1330. The van der Waals surface area contributed by atoms with Crippen molar-refractivity contribution in [1.82, 2.24) is 0 Å². The average molecular weight is 389 g/mol. The van der Waals surface area contributed by atoms with E-state index in [1.54, 1.807) is 66.7 Å². The van der Waals surface area contributed by atoms with Gasteiger partial charge in [-0.2, -0.15) is 12.8 Å². The molecular weight excluding hydrogens is 374 g/mol. The number of sulfonamides is 1. The molecule has 0 aliphatic carbocycles. The standard InChI is InChI=1S/C22H15NO4S/c24-22(16-9-3-1-4-10-16)21-15-19(18-13-7-8-14-20(18)27-21)23-28(25,26)17-11-5-2-6-12-17/h1-15H. The van der Waals surface area contributed by atoms with E-state index in [-0.39, 0.29) is 21.8 Å². The molecule has 3 aromatic carbocycles. The Hall–Kier alpha value is -3.51. The molecule has 5 nitrogen and oxygen atoms in total. The Kier molecular flexibility index (Phi) is 4.63. The molecule has 0 unspecified atom stereocenters. The van der Waals surface area contributed by atoms with Crippen LogP contribution in [0.1, 0.15) is 16.1 Å². The van der Waals surface area contributed by atoms with E-state index in [2.05, 4.69) is 4.40 Å². The summed E-state index contributed by atoms with van der Waals surface area (Å²) < 4.78 is 35.1. The molecule has 0 saturated carbocycles. The highest BCUT2D eigenvalue weighted by molar-refractivity contribution is 7.90. The molecule has 0 aliphatic heterocycles. The van der Waals surface area contributed by atoms with Gasteiger partial charge in [0.15, 0.2) is 5.76 Å². The predicted octanol–water partition coefficient (Wildman–Crippen LogP) is 3.95. The van der Waals surface area contributed by atoms with Crippen LogP contribution in [0.3, 0.4) is 0 Å². The minimum Gasteiger partial charge on any atom is -0.452 e. The maximum atomic E-state index is 12.8. The van der Waals surface area contributed by atoms with E-state index in [1.807, 2.05) is 6.07 Å². The van der Waals surface area contributed by atoms with Gasteiger partial charge in [-0.3, -0.25) is 4.79 Å². The summed E-state index contributed by atoms with van der Waals surface area (Å²) in [6, 6.07) is 24.8. The summed E-state index contributed by atoms with van der Waals surface area (Å²) >= 11 is 0. The molecule has 0 atom stereocenters. The lowest BCUT2D eigenvalue weighted by atomic mass is 10.1. The van der Waals surface area contributed by atoms with Crippen LogP contribution in [-0.2, 0) is 10.0 Å². The van der Waals surface area contributed by atoms with E-state index in [4.69, 9.17) is 4.42 Å². The second-order valence-corrected chi connectivity index (χ2v) is 7.67. The number of fused-ring (bicyclic) bond motifs is 1. The second kappa shape index (κ2) is 7.25. The minimum atomic E-state index is -3.94. The fraction of sp³-hybridized carbons (Fsp3) is 0. The maximum absolute atomic E-state index is 12.8. The van der Waals surface area contributed by atoms with Gasteiger partial charge in [0, 0.05) is 17.0 Å². The molecule has 0 aliphatic rings. The summed E-state index contributed by atoms with van der Waals surface area (Å²) in [5, 5.41) is 0.664. The summed E-state index contributed by atoms with van der Waals surface area (Å²) in [6.07, 6.45) is 0. The number of hydrogen-bond donors (Lipinski definition) is 0. The molecular formula is C22H15NO4S. The summed E-state index contributed by atoms with van der Waals surface area (Å²) in [5.74, 6) is -0.327. The van der Waals surface area contributed by atoms with Crippen LogP contribution >= 0.6 is 0 Å². The average Bonchev–Trinajstić information content (AvgIpc) is 2.74. The normalized spacial score (nSPS) is 12.2. The molecule has 138 valence electrons. The topological polar surface area (TPSA) is 76.7 Å².